The molecule has 1 N–H and O–H groups in total. The van der Waals surface area contributed by atoms with Gasteiger partial charge in [-0.1, -0.05) is 6.92 Å². The molecule has 7 heteroatoms. The van der Waals surface area contributed by atoms with Crippen molar-refractivity contribution in [2.45, 2.75) is 19.4 Å². The maximum Gasteiger partial charge on any atom is 0.311 e. The van der Waals surface area contributed by atoms with Crippen LogP contribution in [0, 0.1) is 21.4 Å². The van der Waals surface area contributed by atoms with Crippen LogP contribution < -0.4 is 14.8 Å². The van der Waals surface area contributed by atoms with Crippen molar-refractivity contribution in [3.8, 4) is 17.6 Å². The van der Waals surface area contributed by atoms with Gasteiger partial charge in [-0.3, -0.25) is 15.4 Å². The first-order valence-electron chi connectivity index (χ1n) is 6.20. The molecule has 0 saturated heterocycles. The number of benzene rings is 1. The van der Waals surface area contributed by atoms with Crippen molar-refractivity contribution in [1.82, 2.24) is 5.32 Å². The number of nitriles is 1. The van der Waals surface area contributed by atoms with Crippen LogP contribution >= 0.6 is 0 Å². The lowest BCUT2D eigenvalue weighted by Gasteiger charge is -2.13. The van der Waals surface area contributed by atoms with E-state index in [1.807, 2.05) is 13.0 Å². The summed E-state index contributed by atoms with van der Waals surface area (Å²) in [7, 11) is 1.46. The van der Waals surface area contributed by atoms with Gasteiger partial charge in [-0.25, -0.2) is 0 Å². The number of hydrogen-bond acceptors (Lipinski definition) is 6. The number of ether oxygens (including phenoxy) is 2. The first kappa shape index (κ1) is 15.7. The van der Waals surface area contributed by atoms with Gasteiger partial charge in [-0.2, -0.15) is 5.26 Å². The van der Waals surface area contributed by atoms with E-state index in [2.05, 4.69) is 5.32 Å². The molecule has 1 rings (SSSR count). The Labute approximate surface area is 117 Å². The van der Waals surface area contributed by atoms with Crippen molar-refractivity contribution in [1.29, 1.82) is 5.26 Å². The van der Waals surface area contributed by atoms with Crippen molar-refractivity contribution in [3.63, 3.8) is 0 Å². The molecule has 0 heterocycles. The minimum Gasteiger partial charge on any atom is -0.497 e. The highest BCUT2D eigenvalue weighted by atomic mass is 16.6. The topological polar surface area (TPSA) is 97.4 Å². The van der Waals surface area contributed by atoms with Gasteiger partial charge in [0.1, 0.15) is 18.4 Å². The van der Waals surface area contributed by atoms with Crippen LogP contribution in [0.15, 0.2) is 18.2 Å². The van der Waals surface area contributed by atoms with E-state index in [4.69, 9.17) is 14.7 Å². The van der Waals surface area contributed by atoms with Gasteiger partial charge in [-0.15, -0.1) is 0 Å². The summed E-state index contributed by atoms with van der Waals surface area (Å²) >= 11 is 0. The lowest BCUT2D eigenvalue weighted by Crippen LogP contribution is -2.33. The van der Waals surface area contributed by atoms with Gasteiger partial charge in [0.2, 0.25) is 5.75 Å². The molecule has 1 atom stereocenters. The Morgan fingerprint density at radius 1 is 1.55 bits per heavy atom. The zero-order chi connectivity index (χ0) is 15.0. The number of hydrogen-bond donors (Lipinski definition) is 1. The number of nitrogens with zero attached hydrogens (tertiary/aromatic N) is 2. The number of nitro benzene ring substituents is 1. The van der Waals surface area contributed by atoms with Crippen molar-refractivity contribution in [2.24, 2.45) is 0 Å². The third-order valence-electron chi connectivity index (χ3n) is 2.57. The van der Waals surface area contributed by atoms with Crippen LogP contribution in [0.3, 0.4) is 0 Å². The maximum atomic E-state index is 10.9. The second-order valence-corrected chi connectivity index (χ2v) is 4.04. The molecule has 0 aliphatic rings. The van der Waals surface area contributed by atoms with E-state index >= 15 is 0 Å². The lowest BCUT2D eigenvalue weighted by molar-refractivity contribution is -0.385. The van der Waals surface area contributed by atoms with E-state index in [0.717, 1.165) is 6.42 Å². The second kappa shape index (κ2) is 7.96. The SMILES string of the molecule is CCCNC(C#N)COc1cc(OC)ccc1[N+](=O)[O-]. The summed E-state index contributed by atoms with van der Waals surface area (Å²) in [6, 6.07) is 5.77. The molecule has 0 bridgehead atoms. The average Bonchev–Trinajstić information content (AvgIpc) is 2.47. The second-order valence-electron chi connectivity index (χ2n) is 4.04. The molecule has 0 aromatic heterocycles. The quantitative estimate of drug-likeness (QED) is 0.576. The summed E-state index contributed by atoms with van der Waals surface area (Å²) in [5.41, 5.74) is -0.155. The van der Waals surface area contributed by atoms with E-state index in [9.17, 15) is 10.1 Å². The summed E-state index contributed by atoms with van der Waals surface area (Å²) in [4.78, 5) is 10.4. The van der Waals surface area contributed by atoms with Crippen molar-refractivity contribution in [2.75, 3.05) is 20.3 Å². The molecule has 0 saturated carbocycles. The predicted molar refractivity (Wildman–Crippen MR) is 72.8 cm³/mol. The van der Waals surface area contributed by atoms with Crippen LogP contribution in [0.25, 0.3) is 0 Å². The lowest BCUT2D eigenvalue weighted by atomic mass is 10.2. The molecule has 1 unspecified atom stereocenters. The van der Waals surface area contributed by atoms with Gasteiger partial charge in [-0.05, 0) is 19.0 Å². The van der Waals surface area contributed by atoms with Crippen molar-refractivity contribution >= 4 is 5.69 Å². The zero-order valence-electron chi connectivity index (χ0n) is 11.5. The Bertz CT molecular complexity index is 499. The van der Waals surface area contributed by atoms with Crippen LogP contribution in [0.4, 0.5) is 5.69 Å². The van der Waals surface area contributed by atoms with Crippen molar-refractivity contribution in [3.05, 3.63) is 28.3 Å². The van der Waals surface area contributed by atoms with E-state index in [1.165, 1.54) is 25.3 Å². The number of nitrogens with one attached hydrogen (secondary N) is 1. The van der Waals surface area contributed by atoms with Crippen LogP contribution in [0.1, 0.15) is 13.3 Å². The third kappa shape index (κ3) is 4.40. The Kier molecular flexibility index (Phi) is 6.26. The molecular formula is C13H17N3O4. The number of rotatable bonds is 8. The monoisotopic (exact) mass is 279 g/mol. The first-order valence-corrected chi connectivity index (χ1v) is 6.20. The van der Waals surface area contributed by atoms with Gasteiger partial charge in [0.25, 0.3) is 0 Å². The molecule has 1 aromatic rings. The van der Waals surface area contributed by atoms with Gasteiger partial charge in [0, 0.05) is 12.1 Å². The van der Waals surface area contributed by atoms with E-state index in [-0.39, 0.29) is 18.0 Å². The number of nitro groups is 1. The van der Waals surface area contributed by atoms with Gasteiger partial charge in [0.15, 0.2) is 0 Å². The largest absolute Gasteiger partial charge is 0.497 e. The Morgan fingerprint density at radius 3 is 2.85 bits per heavy atom. The van der Waals surface area contributed by atoms with Gasteiger partial charge < -0.3 is 9.47 Å². The summed E-state index contributed by atoms with van der Waals surface area (Å²) in [6.45, 7) is 2.70. The molecule has 0 amide bonds. The highest BCUT2D eigenvalue weighted by Gasteiger charge is 2.17. The third-order valence-corrected chi connectivity index (χ3v) is 2.57. The predicted octanol–water partition coefficient (Wildman–Crippen LogP) is 1.87. The van der Waals surface area contributed by atoms with E-state index in [0.29, 0.717) is 12.3 Å². The maximum absolute atomic E-state index is 10.9. The van der Waals surface area contributed by atoms with Gasteiger partial charge >= 0.3 is 5.69 Å². The highest BCUT2D eigenvalue weighted by Crippen LogP contribution is 2.31. The average molecular weight is 279 g/mol. The fourth-order valence-electron chi connectivity index (χ4n) is 1.52. The molecule has 0 aliphatic carbocycles. The molecule has 20 heavy (non-hydrogen) atoms. The first-order chi connectivity index (χ1) is 9.62. The summed E-state index contributed by atoms with van der Waals surface area (Å²) < 4.78 is 10.4. The summed E-state index contributed by atoms with van der Waals surface area (Å²) in [6.07, 6.45) is 0.886. The molecule has 0 spiro atoms. The van der Waals surface area contributed by atoms with Crippen LogP contribution in [-0.2, 0) is 0 Å². The summed E-state index contributed by atoms with van der Waals surface area (Å²) in [5.74, 6) is 0.550. The van der Waals surface area contributed by atoms with Crippen LogP contribution in [0.2, 0.25) is 0 Å². The van der Waals surface area contributed by atoms with E-state index < -0.39 is 11.0 Å². The normalized spacial score (nSPS) is 11.4. The minimum absolute atomic E-state index is 0.0322. The zero-order valence-corrected chi connectivity index (χ0v) is 11.5. The standard InChI is InChI=1S/C13H17N3O4/c1-3-6-15-10(8-14)9-20-13-7-11(19-2)4-5-12(13)16(17)18/h4-5,7,10,15H,3,6,9H2,1-2H3. The smallest absolute Gasteiger partial charge is 0.311 e. The van der Waals surface area contributed by atoms with Gasteiger partial charge in [0.05, 0.1) is 18.1 Å². The molecule has 7 nitrogen and oxygen atoms in total. The Hall–Kier alpha value is -2.33. The fourth-order valence-corrected chi connectivity index (χ4v) is 1.52. The Morgan fingerprint density at radius 2 is 2.30 bits per heavy atom. The molecular weight excluding hydrogens is 262 g/mol. The molecule has 0 aliphatic heterocycles. The van der Waals surface area contributed by atoms with Crippen molar-refractivity contribution < 1.29 is 14.4 Å². The molecule has 108 valence electrons. The highest BCUT2D eigenvalue weighted by molar-refractivity contribution is 5.50. The van der Waals surface area contributed by atoms with Crippen LogP contribution in [-0.4, -0.2) is 31.2 Å². The van der Waals surface area contributed by atoms with Crippen LogP contribution in [0.5, 0.6) is 11.5 Å². The minimum atomic E-state index is -0.532. The summed E-state index contributed by atoms with van der Waals surface area (Å²) in [5, 5.41) is 22.9. The number of methoxy groups -OCH3 is 1. The fraction of sp³-hybridized carbons (Fsp3) is 0.462. The molecule has 0 fully saturated rings. The van der Waals surface area contributed by atoms with E-state index in [1.54, 1.807) is 0 Å². The molecule has 0 radical (unpaired) electrons. The molecule has 1 aromatic carbocycles. The Balaban J connectivity index is 2.79.